The molecule has 1 saturated heterocycles. The second-order valence-electron chi connectivity index (χ2n) is 6.50. The van der Waals surface area contributed by atoms with Crippen LogP contribution in [0.3, 0.4) is 0 Å². The average Bonchev–Trinajstić information content (AvgIpc) is 3.37. The van der Waals surface area contributed by atoms with Crippen LogP contribution in [0.15, 0.2) is 60.1 Å². The van der Waals surface area contributed by atoms with Crippen LogP contribution in [0.2, 0.25) is 0 Å². The molecule has 2 heterocycles. The summed E-state index contributed by atoms with van der Waals surface area (Å²) in [5.74, 6) is -1.32. The number of nitrogens with one attached hydrogen (secondary N) is 2. The summed E-state index contributed by atoms with van der Waals surface area (Å²) in [5, 5.41) is 7.65. The highest BCUT2D eigenvalue weighted by atomic mass is 32.1. The molecule has 0 saturated carbocycles. The first-order valence-electron chi connectivity index (χ1n) is 9.09. The summed E-state index contributed by atoms with van der Waals surface area (Å²) >= 11 is 1.31. The van der Waals surface area contributed by atoms with E-state index in [0.29, 0.717) is 22.1 Å². The summed E-state index contributed by atoms with van der Waals surface area (Å²) in [5.41, 5.74) is 1.46. The summed E-state index contributed by atoms with van der Waals surface area (Å²) in [6.07, 6.45) is 1.94. The van der Waals surface area contributed by atoms with Crippen molar-refractivity contribution in [2.75, 3.05) is 15.5 Å². The zero-order valence-corrected chi connectivity index (χ0v) is 16.4. The molecule has 2 N–H and O–H groups in total. The predicted octanol–water partition coefficient (Wildman–Crippen LogP) is 3.30. The van der Waals surface area contributed by atoms with Gasteiger partial charge in [-0.2, -0.15) is 0 Å². The third-order valence-electron chi connectivity index (χ3n) is 4.45. The van der Waals surface area contributed by atoms with Crippen LogP contribution in [0.5, 0.6) is 0 Å². The Morgan fingerprint density at radius 2 is 1.57 bits per heavy atom. The van der Waals surface area contributed by atoms with E-state index in [4.69, 9.17) is 0 Å². The molecule has 0 radical (unpaired) electrons. The van der Waals surface area contributed by atoms with Crippen LogP contribution >= 0.6 is 11.3 Å². The molecule has 30 heavy (non-hydrogen) atoms. The van der Waals surface area contributed by atoms with Gasteiger partial charge in [-0.15, -0.1) is 11.3 Å². The minimum Gasteiger partial charge on any atom is -0.322 e. The van der Waals surface area contributed by atoms with Gasteiger partial charge in [-0.3, -0.25) is 29.4 Å². The monoisotopic (exact) mass is 420 g/mol. The number of aromatic nitrogens is 1. The third kappa shape index (κ3) is 4.11. The topological polar surface area (TPSA) is 108 Å². The molecule has 150 valence electrons. The van der Waals surface area contributed by atoms with E-state index in [1.807, 2.05) is 0 Å². The van der Waals surface area contributed by atoms with E-state index < -0.39 is 5.91 Å². The predicted molar refractivity (Wildman–Crippen MR) is 113 cm³/mol. The molecule has 0 bridgehead atoms. The van der Waals surface area contributed by atoms with Gasteiger partial charge < -0.3 is 5.32 Å². The Kier molecular flexibility index (Phi) is 5.36. The van der Waals surface area contributed by atoms with Crippen LogP contribution in [-0.4, -0.2) is 28.6 Å². The molecule has 9 heteroatoms. The number of thiazole rings is 1. The molecule has 1 aliphatic heterocycles. The lowest BCUT2D eigenvalue weighted by Gasteiger charge is -2.15. The second kappa shape index (κ2) is 8.26. The summed E-state index contributed by atoms with van der Waals surface area (Å²) < 4.78 is 0. The Bertz CT molecular complexity index is 1130. The minimum absolute atomic E-state index is 0.172. The number of nitrogens with zero attached hydrogens (tertiary/aromatic N) is 2. The zero-order chi connectivity index (χ0) is 21.1. The van der Waals surface area contributed by atoms with Gasteiger partial charge in [0.15, 0.2) is 5.13 Å². The molecule has 4 amide bonds. The Balaban J connectivity index is 1.49. The van der Waals surface area contributed by atoms with Gasteiger partial charge in [-0.1, -0.05) is 12.1 Å². The molecule has 0 unspecified atom stereocenters. The Morgan fingerprint density at radius 3 is 2.27 bits per heavy atom. The summed E-state index contributed by atoms with van der Waals surface area (Å²) in [6, 6.07) is 12.8. The maximum absolute atomic E-state index is 12.7. The lowest BCUT2D eigenvalue weighted by molar-refractivity contribution is -0.121. The van der Waals surface area contributed by atoms with Gasteiger partial charge in [0.05, 0.1) is 5.69 Å². The van der Waals surface area contributed by atoms with E-state index in [9.17, 15) is 19.2 Å². The summed E-state index contributed by atoms with van der Waals surface area (Å²) in [7, 11) is 0. The van der Waals surface area contributed by atoms with Crippen molar-refractivity contribution < 1.29 is 19.2 Å². The fourth-order valence-corrected chi connectivity index (χ4v) is 3.57. The van der Waals surface area contributed by atoms with E-state index in [1.165, 1.54) is 17.4 Å². The number of carbonyl (C=O) groups is 4. The van der Waals surface area contributed by atoms with Gasteiger partial charge in [0.1, 0.15) is 0 Å². The Morgan fingerprint density at radius 1 is 0.900 bits per heavy atom. The lowest BCUT2D eigenvalue weighted by Crippen LogP contribution is -2.28. The molecule has 1 aromatic heterocycles. The highest BCUT2D eigenvalue weighted by Gasteiger charge is 2.30. The van der Waals surface area contributed by atoms with Gasteiger partial charge in [0, 0.05) is 41.2 Å². The normalized spacial score (nSPS) is 13.4. The number of benzene rings is 2. The fraction of sp³-hybridized carbons (Fsp3) is 0.0952. The first-order valence-corrected chi connectivity index (χ1v) is 9.97. The van der Waals surface area contributed by atoms with Gasteiger partial charge in [0.25, 0.3) is 11.8 Å². The number of imide groups is 1. The van der Waals surface area contributed by atoms with Crippen molar-refractivity contribution in [3.63, 3.8) is 0 Å². The molecule has 8 nitrogen and oxygen atoms in total. The van der Waals surface area contributed by atoms with Crippen LogP contribution < -0.4 is 15.5 Å². The van der Waals surface area contributed by atoms with E-state index in [0.717, 1.165) is 4.90 Å². The molecular formula is C21H16N4O4S. The minimum atomic E-state index is -0.423. The summed E-state index contributed by atoms with van der Waals surface area (Å²) in [6.45, 7) is 0. The third-order valence-corrected chi connectivity index (χ3v) is 5.14. The first kappa shape index (κ1) is 19.5. The molecule has 0 atom stereocenters. The molecule has 1 fully saturated rings. The maximum atomic E-state index is 12.7. The van der Waals surface area contributed by atoms with Crippen LogP contribution in [0.4, 0.5) is 16.5 Å². The van der Waals surface area contributed by atoms with Crippen molar-refractivity contribution in [3.05, 3.63) is 71.2 Å². The number of rotatable bonds is 5. The smallest absolute Gasteiger partial charge is 0.257 e. The van der Waals surface area contributed by atoms with Crippen molar-refractivity contribution in [1.82, 2.24) is 4.98 Å². The molecule has 1 aliphatic rings. The van der Waals surface area contributed by atoms with Crippen molar-refractivity contribution >= 4 is 51.5 Å². The van der Waals surface area contributed by atoms with E-state index in [2.05, 4.69) is 15.6 Å². The summed E-state index contributed by atoms with van der Waals surface area (Å²) in [4.78, 5) is 54.0. The van der Waals surface area contributed by atoms with Crippen LogP contribution in [0, 0.1) is 0 Å². The molecule has 0 spiro atoms. The number of carbonyl (C=O) groups excluding carboxylic acids is 4. The number of anilines is 3. The molecule has 3 aromatic rings. The largest absolute Gasteiger partial charge is 0.322 e. The van der Waals surface area contributed by atoms with Gasteiger partial charge in [-0.05, 0) is 36.4 Å². The van der Waals surface area contributed by atoms with Crippen molar-refractivity contribution in [2.45, 2.75) is 12.8 Å². The zero-order valence-electron chi connectivity index (χ0n) is 15.6. The fourth-order valence-electron chi connectivity index (χ4n) is 3.05. The number of amides is 4. The highest BCUT2D eigenvalue weighted by molar-refractivity contribution is 7.13. The van der Waals surface area contributed by atoms with E-state index >= 15 is 0 Å². The van der Waals surface area contributed by atoms with Crippen LogP contribution in [0.1, 0.15) is 33.6 Å². The van der Waals surface area contributed by atoms with Gasteiger partial charge in [0.2, 0.25) is 11.8 Å². The quantitative estimate of drug-likeness (QED) is 0.616. The SMILES string of the molecule is O=C(Nc1cccc(C(=O)Nc2nccs2)c1)c1cccc(N2C(=O)CCC2=O)c1. The van der Waals surface area contributed by atoms with Gasteiger partial charge in [-0.25, -0.2) is 4.98 Å². The van der Waals surface area contributed by atoms with Crippen molar-refractivity contribution in [2.24, 2.45) is 0 Å². The van der Waals surface area contributed by atoms with Gasteiger partial charge >= 0.3 is 0 Å². The molecule has 2 aromatic carbocycles. The van der Waals surface area contributed by atoms with Crippen LogP contribution in [-0.2, 0) is 9.59 Å². The standard InChI is InChI=1S/C21H16N4O4S/c26-17-7-8-18(27)25(17)16-6-2-4-14(12-16)19(28)23-15-5-1-3-13(11-15)20(29)24-21-22-9-10-30-21/h1-6,9-12H,7-8H2,(H,23,28)(H,22,24,29). The number of hydrogen-bond acceptors (Lipinski definition) is 6. The van der Waals surface area contributed by atoms with E-state index in [-0.39, 0.29) is 36.1 Å². The number of hydrogen-bond donors (Lipinski definition) is 2. The second-order valence-corrected chi connectivity index (χ2v) is 7.39. The maximum Gasteiger partial charge on any atom is 0.257 e. The molecular weight excluding hydrogens is 404 g/mol. The molecule has 0 aliphatic carbocycles. The van der Waals surface area contributed by atoms with E-state index in [1.54, 1.807) is 54.0 Å². The van der Waals surface area contributed by atoms with Crippen LogP contribution in [0.25, 0.3) is 0 Å². The van der Waals surface area contributed by atoms with Crippen molar-refractivity contribution in [1.29, 1.82) is 0 Å². The lowest BCUT2D eigenvalue weighted by atomic mass is 10.1. The Labute approximate surface area is 175 Å². The highest BCUT2D eigenvalue weighted by Crippen LogP contribution is 2.24. The van der Waals surface area contributed by atoms with Crippen molar-refractivity contribution in [3.8, 4) is 0 Å². The Hall–Kier alpha value is -3.85. The first-order chi connectivity index (χ1) is 14.5. The molecule has 4 rings (SSSR count). The average molecular weight is 420 g/mol.